The van der Waals surface area contributed by atoms with Gasteiger partial charge in [-0.3, -0.25) is 10.2 Å². The fraction of sp³-hybridized carbons (Fsp3) is 0.0833. The van der Waals surface area contributed by atoms with Crippen molar-refractivity contribution in [2.75, 3.05) is 6.86 Å². The highest BCUT2D eigenvalue weighted by Gasteiger charge is 2.07. The van der Waals surface area contributed by atoms with Crippen molar-refractivity contribution < 1.29 is 13.9 Å². The highest BCUT2D eigenvalue weighted by molar-refractivity contribution is 6.31. The van der Waals surface area contributed by atoms with Crippen LogP contribution < -0.4 is 16.0 Å². The molecule has 1 aromatic heterocycles. The Morgan fingerprint density at radius 2 is 2.33 bits per heavy atom. The topological polar surface area (TPSA) is 95.1 Å². The summed E-state index contributed by atoms with van der Waals surface area (Å²) < 4.78 is 18.3. The van der Waals surface area contributed by atoms with Crippen LogP contribution in [0.2, 0.25) is 5.02 Å². The van der Waals surface area contributed by atoms with Crippen molar-refractivity contribution in [3.05, 3.63) is 35.6 Å². The molecular formula is C12H11ClFN5O2. The molecule has 0 aliphatic carbocycles. The molecule has 0 aliphatic heterocycles. The van der Waals surface area contributed by atoms with Crippen molar-refractivity contribution in [3.8, 4) is 17.1 Å². The Balaban J connectivity index is 2.25. The number of amides is 1. The van der Waals surface area contributed by atoms with Gasteiger partial charge in [0.05, 0.1) is 0 Å². The number of rotatable bonds is 5. The van der Waals surface area contributed by atoms with E-state index in [1.54, 1.807) is 12.1 Å². The highest BCUT2D eigenvalue weighted by atomic mass is 35.5. The van der Waals surface area contributed by atoms with Crippen LogP contribution >= 0.6 is 11.6 Å². The molecule has 2 aromatic rings. The van der Waals surface area contributed by atoms with Crippen LogP contribution in [0.4, 0.5) is 4.39 Å². The molecular weight excluding hydrogens is 301 g/mol. The molecule has 0 radical (unpaired) electrons. The summed E-state index contributed by atoms with van der Waals surface area (Å²) in [5.41, 5.74) is 2.50. The second-order valence-electron chi connectivity index (χ2n) is 3.80. The van der Waals surface area contributed by atoms with Gasteiger partial charge in [0.2, 0.25) is 6.86 Å². The van der Waals surface area contributed by atoms with E-state index in [4.69, 9.17) is 22.2 Å². The second kappa shape index (κ2) is 6.82. The van der Waals surface area contributed by atoms with Crippen molar-refractivity contribution in [1.29, 1.82) is 0 Å². The predicted molar refractivity (Wildman–Crippen MR) is 74.7 cm³/mol. The van der Waals surface area contributed by atoms with Crippen LogP contribution in [0.5, 0.6) is 5.75 Å². The lowest BCUT2D eigenvalue weighted by Gasteiger charge is -2.03. The summed E-state index contributed by atoms with van der Waals surface area (Å²) in [6.07, 6.45) is 3.96. The molecule has 0 saturated heterocycles. The number of aromatic nitrogens is 3. The summed E-state index contributed by atoms with van der Waals surface area (Å²) >= 11 is 5.92. The molecule has 0 atom stereocenters. The summed E-state index contributed by atoms with van der Waals surface area (Å²) in [6.45, 7) is -0.960. The number of carbonyl (C=O) groups is 1. The van der Waals surface area contributed by atoms with E-state index in [1.807, 2.05) is 5.43 Å². The first-order chi connectivity index (χ1) is 10.1. The van der Waals surface area contributed by atoms with Crippen molar-refractivity contribution in [1.82, 2.24) is 20.2 Å². The van der Waals surface area contributed by atoms with Gasteiger partial charge >= 0.3 is 0 Å². The monoisotopic (exact) mass is 311 g/mol. The van der Waals surface area contributed by atoms with E-state index in [0.717, 1.165) is 0 Å². The fourth-order valence-corrected chi connectivity index (χ4v) is 1.73. The van der Waals surface area contributed by atoms with E-state index in [-0.39, 0.29) is 5.75 Å². The lowest BCUT2D eigenvalue weighted by atomic mass is 10.2. The van der Waals surface area contributed by atoms with Crippen LogP contribution in [-0.4, -0.2) is 27.5 Å². The van der Waals surface area contributed by atoms with Gasteiger partial charge in [-0.1, -0.05) is 11.6 Å². The van der Waals surface area contributed by atoms with Crippen LogP contribution in [-0.2, 0) is 4.79 Å². The molecule has 0 saturated carbocycles. The number of nitrogens with one attached hydrogen (secondary N) is 1. The molecule has 0 aliphatic rings. The quantitative estimate of drug-likeness (QED) is 0.376. The number of alkyl halides is 1. The van der Waals surface area contributed by atoms with E-state index < -0.39 is 12.8 Å². The molecule has 0 bridgehead atoms. The first-order valence-electron chi connectivity index (χ1n) is 5.72. The summed E-state index contributed by atoms with van der Waals surface area (Å²) in [5, 5.41) is 4.49. The minimum Gasteiger partial charge on any atom is -0.463 e. The number of hydrogen-bond donors (Lipinski definition) is 2. The lowest BCUT2D eigenvalue weighted by Crippen LogP contribution is -2.28. The van der Waals surface area contributed by atoms with E-state index >= 15 is 0 Å². The zero-order chi connectivity index (χ0) is 15.2. The maximum Gasteiger partial charge on any atom is 0.259 e. The first-order valence-corrected chi connectivity index (χ1v) is 6.10. The van der Waals surface area contributed by atoms with Crippen molar-refractivity contribution >= 4 is 23.7 Å². The van der Waals surface area contributed by atoms with Crippen LogP contribution in [0.25, 0.3) is 17.6 Å². The second-order valence-corrected chi connectivity index (χ2v) is 4.24. The number of halogens is 2. The average molecular weight is 312 g/mol. The Bertz CT molecular complexity index is 673. The maximum absolute atomic E-state index is 12.2. The SMILES string of the molecule is NNC(=O)/C=C\n1cnc(-c2cc(Cl)cc(OCF)c2)n1. The third kappa shape index (κ3) is 4.01. The van der Waals surface area contributed by atoms with Gasteiger partial charge in [0.25, 0.3) is 5.91 Å². The summed E-state index contributed by atoms with van der Waals surface area (Å²) in [7, 11) is 0. The number of hydrogen-bond acceptors (Lipinski definition) is 5. The number of nitrogens with zero attached hydrogens (tertiary/aromatic N) is 3. The molecule has 7 nitrogen and oxygen atoms in total. The van der Waals surface area contributed by atoms with E-state index in [0.29, 0.717) is 16.4 Å². The molecule has 1 aromatic carbocycles. The third-order valence-electron chi connectivity index (χ3n) is 2.38. The molecule has 9 heteroatoms. The van der Waals surface area contributed by atoms with Gasteiger partial charge in [-0.15, -0.1) is 5.10 Å². The summed E-state index contributed by atoms with van der Waals surface area (Å²) in [4.78, 5) is 15.0. The van der Waals surface area contributed by atoms with Gasteiger partial charge in [0.15, 0.2) is 5.82 Å². The Kier molecular flexibility index (Phi) is 4.85. The average Bonchev–Trinajstić information content (AvgIpc) is 2.93. The summed E-state index contributed by atoms with van der Waals surface area (Å²) in [5.74, 6) is 5.08. The predicted octanol–water partition coefficient (Wildman–Crippen LogP) is 1.36. The normalized spacial score (nSPS) is 10.8. The fourth-order valence-electron chi connectivity index (χ4n) is 1.51. The largest absolute Gasteiger partial charge is 0.463 e. The Morgan fingerprint density at radius 3 is 3.05 bits per heavy atom. The van der Waals surface area contributed by atoms with Crippen molar-refractivity contribution in [3.63, 3.8) is 0 Å². The van der Waals surface area contributed by atoms with Gasteiger partial charge in [-0.25, -0.2) is 19.9 Å². The van der Waals surface area contributed by atoms with Crippen molar-refractivity contribution in [2.24, 2.45) is 5.84 Å². The number of ether oxygens (including phenoxy) is 1. The molecule has 0 unspecified atom stereocenters. The zero-order valence-corrected chi connectivity index (χ0v) is 11.4. The third-order valence-corrected chi connectivity index (χ3v) is 2.60. The molecule has 1 amide bonds. The molecule has 0 spiro atoms. The number of nitrogens with two attached hydrogens (primary N) is 1. The Morgan fingerprint density at radius 1 is 1.52 bits per heavy atom. The molecule has 110 valence electrons. The standard InChI is InChI=1S/C12H11ClFN5O2/c13-9-3-8(4-10(5-9)21-6-14)12-16-7-19(18-12)2-1-11(20)17-15/h1-5,7H,6,15H2,(H,17,20)/b2-1-. The minimum atomic E-state index is -0.960. The first kappa shape index (κ1) is 14.9. The van der Waals surface area contributed by atoms with Crippen LogP contribution in [0.1, 0.15) is 0 Å². The number of carbonyl (C=O) groups excluding carboxylic acids is 1. The van der Waals surface area contributed by atoms with Gasteiger partial charge in [-0.05, 0) is 18.2 Å². The zero-order valence-electron chi connectivity index (χ0n) is 10.7. The number of hydrazine groups is 1. The van der Waals surface area contributed by atoms with E-state index in [1.165, 1.54) is 29.4 Å². The lowest BCUT2D eigenvalue weighted by molar-refractivity contribution is -0.116. The molecule has 21 heavy (non-hydrogen) atoms. The minimum absolute atomic E-state index is 0.273. The molecule has 1 heterocycles. The Labute approximate surface area is 124 Å². The van der Waals surface area contributed by atoms with E-state index in [2.05, 4.69) is 10.1 Å². The molecule has 3 N–H and O–H groups in total. The molecule has 2 rings (SSSR count). The smallest absolute Gasteiger partial charge is 0.259 e. The van der Waals surface area contributed by atoms with Crippen LogP contribution in [0.15, 0.2) is 30.6 Å². The van der Waals surface area contributed by atoms with Crippen molar-refractivity contribution in [2.45, 2.75) is 0 Å². The number of benzene rings is 1. The van der Waals surface area contributed by atoms with Gasteiger partial charge in [-0.2, -0.15) is 0 Å². The van der Waals surface area contributed by atoms with Gasteiger partial charge in [0, 0.05) is 22.9 Å². The van der Waals surface area contributed by atoms with Gasteiger partial charge in [0.1, 0.15) is 12.1 Å². The van der Waals surface area contributed by atoms with Crippen LogP contribution in [0, 0.1) is 0 Å². The summed E-state index contributed by atoms with van der Waals surface area (Å²) in [6, 6.07) is 4.65. The van der Waals surface area contributed by atoms with E-state index in [9.17, 15) is 9.18 Å². The molecule has 0 fully saturated rings. The van der Waals surface area contributed by atoms with Crippen LogP contribution in [0.3, 0.4) is 0 Å². The Hall–Kier alpha value is -2.45. The highest BCUT2D eigenvalue weighted by Crippen LogP contribution is 2.26. The maximum atomic E-state index is 12.2. The van der Waals surface area contributed by atoms with Gasteiger partial charge < -0.3 is 4.74 Å².